The van der Waals surface area contributed by atoms with Gasteiger partial charge in [-0.3, -0.25) is 0 Å². The molecule has 0 aliphatic heterocycles. The van der Waals surface area contributed by atoms with Gasteiger partial charge in [-0.15, -0.1) is 5.10 Å². The first-order valence-corrected chi connectivity index (χ1v) is 6.23. The molecule has 2 N–H and O–H groups in total. The number of nitrogens with zero attached hydrogens (tertiary/aromatic N) is 4. The van der Waals surface area contributed by atoms with Crippen molar-refractivity contribution in [3.63, 3.8) is 0 Å². The first-order chi connectivity index (χ1) is 7.76. The highest BCUT2D eigenvalue weighted by atomic mass is 15.5. The monoisotopic (exact) mass is 223 g/mol. The van der Waals surface area contributed by atoms with Crippen molar-refractivity contribution in [1.29, 1.82) is 0 Å². The Balaban J connectivity index is 2.20. The van der Waals surface area contributed by atoms with Crippen LogP contribution in [0.2, 0.25) is 0 Å². The number of anilines is 2. The largest absolute Gasteiger partial charge is 0.368 e. The molecule has 1 fully saturated rings. The van der Waals surface area contributed by atoms with Gasteiger partial charge in [-0.05, 0) is 26.7 Å². The summed E-state index contributed by atoms with van der Waals surface area (Å²) >= 11 is 0. The van der Waals surface area contributed by atoms with E-state index in [4.69, 9.17) is 5.73 Å². The number of nitrogens with two attached hydrogens (primary N) is 1. The van der Waals surface area contributed by atoms with Crippen LogP contribution in [-0.2, 0) is 0 Å². The fourth-order valence-corrected chi connectivity index (χ4v) is 2.38. The number of aromatic nitrogens is 3. The van der Waals surface area contributed by atoms with E-state index >= 15 is 0 Å². The van der Waals surface area contributed by atoms with Crippen LogP contribution in [0.25, 0.3) is 0 Å². The summed E-state index contributed by atoms with van der Waals surface area (Å²) in [5.41, 5.74) is 5.93. The zero-order valence-corrected chi connectivity index (χ0v) is 10.2. The Morgan fingerprint density at radius 2 is 1.94 bits per heavy atom. The normalized spacial score (nSPS) is 16.9. The maximum absolute atomic E-state index is 5.93. The average molecular weight is 223 g/mol. The van der Waals surface area contributed by atoms with Crippen LogP contribution in [0.5, 0.6) is 0 Å². The number of hydrogen-bond acceptors (Lipinski definition) is 4. The van der Waals surface area contributed by atoms with Crippen molar-refractivity contribution >= 4 is 11.9 Å². The van der Waals surface area contributed by atoms with Crippen LogP contribution in [0.3, 0.4) is 0 Å². The van der Waals surface area contributed by atoms with Crippen molar-refractivity contribution in [2.45, 2.75) is 45.6 Å². The fourth-order valence-electron chi connectivity index (χ4n) is 2.38. The summed E-state index contributed by atoms with van der Waals surface area (Å²) < 4.78 is 1.92. The molecule has 0 spiro atoms. The van der Waals surface area contributed by atoms with Gasteiger partial charge in [0.05, 0.1) is 6.04 Å². The van der Waals surface area contributed by atoms with Crippen LogP contribution in [0, 0.1) is 0 Å². The fraction of sp³-hybridized carbons (Fsp3) is 0.818. The molecule has 5 heteroatoms. The van der Waals surface area contributed by atoms with Gasteiger partial charge in [0, 0.05) is 13.1 Å². The van der Waals surface area contributed by atoms with Crippen molar-refractivity contribution < 1.29 is 0 Å². The molecule has 0 atom stereocenters. The minimum absolute atomic E-state index is 0.469. The van der Waals surface area contributed by atoms with E-state index in [-0.39, 0.29) is 0 Å². The van der Waals surface area contributed by atoms with E-state index in [2.05, 4.69) is 28.8 Å². The minimum Gasteiger partial charge on any atom is -0.368 e. The molecule has 0 unspecified atom stereocenters. The van der Waals surface area contributed by atoms with Gasteiger partial charge in [-0.2, -0.15) is 4.98 Å². The maximum Gasteiger partial charge on any atom is 0.246 e. The van der Waals surface area contributed by atoms with Crippen molar-refractivity contribution in [3.05, 3.63) is 0 Å². The Hall–Kier alpha value is -1.26. The highest BCUT2D eigenvalue weighted by molar-refractivity contribution is 5.35. The molecule has 1 aromatic rings. The lowest BCUT2D eigenvalue weighted by atomic mass is 10.3. The molecule has 5 nitrogen and oxygen atoms in total. The van der Waals surface area contributed by atoms with Gasteiger partial charge in [0.15, 0.2) is 0 Å². The molecule has 2 rings (SSSR count). The molecule has 90 valence electrons. The highest BCUT2D eigenvalue weighted by Gasteiger charge is 2.22. The van der Waals surface area contributed by atoms with Gasteiger partial charge in [0.2, 0.25) is 11.9 Å². The second-order valence-electron chi connectivity index (χ2n) is 4.33. The molecule has 0 saturated heterocycles. The SMILES string of the molecule is CCN(CC)c1nc(N)n(C2CCCC2)n1. The smallest absolute Gasteiger partial charge is 0.246 e. The van der Waals surface area contributed by atoms with Crippen LogP contribution in [0.4, 0.5) is 11.9 Å². The Morgan fingerprint density at radius 1 is 1.31 bits per heavy atom. The summed E-state index contributed by atoms with van der Waals surface area (Å²) in [5.74, 6) is 1.34. The van der Waals surface area contributed by atoms with Crippen LogP contribution in [0.15, 0.2) is 0 Å². The standard InChI is InChI=1S/C11H21N5/c1-3-15(4-2)11-13-10(12)16(14-11)9-7-5-6-8-9/h9H,3-8H2,1-2H3,(H2,12,13,14). The second-order valence-corrected chi connectivity index (χ2v) is 4.33. The Morgan fingerprint density at radius 3 is 2.50 bits per heavy atom. The van der Waals surface area contributed by atoms with E-state index in [1.807, 2.05) is 4.68 Å². The van der Waals surface area contributed by atoms with Gasteiger partial charge < -0.3 is 10.6 Å². The summed E-state index contributed by atoms with van der Waals surface area (Å²) in [5, 5.41) is 4.54. The molecule has 1 saturated carbocycles. The van der Waals surface area contributed by atoms with E-state index in [1.165, 1.54) is 25.7 Å². The van der Waals surface area contributed by atoms with Crippen LogP contribution < -0.4 is 10.6 Å². The lowest BCUT2D eigenvalue weighted by molar-refractivity contribution is 0.472. The van der Waals surface area contributed by atoms with Crippen LogP contribution in [-0.4, -0.2) is 27.9 Å². The molecule has 0 bridgehead atoms. The van der Waals surface area contributed by atoms with E-state index in [9.17, 15) is 0 Å². The summed E-state index contributed by atoms with van der Waals surface area (Å²) in [7, 11) is 0. The lowest BCUT2D eigenvalue weighted by Crippen LogP contribution is -2.23. The summed E-state index contributed by atoms with van der Waals surface area (Å²) in [4.78, 5) is 6.48. The van der Waals surface area contributed by atoms with Gasteiger partial charge >= 0.3 is 0 Å². The van der Waals surface area contributed by atoms with Crippen molar-refractivity contribution in [2.24, 2.45) is 0 Å². The second kappa shape index (κ2) is 4.72. The zero-order chi connectivity index (χ0) is 11.5. The molecule has 0 aromatic carbocycles. The quantitative estimate of drug-likeness (QED) is 0.846. The first-order valence-electron chi connectivity index (χ1n) is 6.23. The van der Waals surface area contributed by atoms with Crippen LogP contribution >= 0.6 is 0 Å². The van der Waals surface area contributed by atoms with Gasteiger partial charge in [-0.25, -0.2) is 4.68 Å². The molecule has 0 radical (unpaired) electrons. The number of rotatable bonds is 4. The number of nitrogen functional groups attached to an aromatic ring is 1. The minimum atomic E-state index is 0.469. The van der Waals surface area contributed by atoms with Crippen molar-refractivity contribution in [1.82, 2.24) is 14.8 Å². The lowest BCUT2D eigenvalue weighted by Gasteiger charge is -2.15. The third-order valence-corrected chi connectivity index (χ3v) is 3.36. The Bertz CT molecular complexity index is 336. The van der Waals surface area contributed by atoms with E-state index in [0.29, 0.717) is 12.0 Å². The number of hydrogen-bond donors (Lipinski definition) is 1. The average Bonchev–Trinajstić information content (AvgIpc) is 2.89. The maximum atomic E-state index is 5.93. The van der Waals surface area contributed by atoms with E-state index in [0.717, 1.165) is 19.0 Å². The third-order valence-electron chi connectivity index (χ3n) is 3.36. The molecule has 0 amide bonds. The molecule has 1 aliphatic carbocycles. The molecule has 1 aromatic heterocycles. The highest BCUT2D eigenvalue weighted by Crippen LogP contribution is 2.31. The molecule has 1 heterocycles. The van der Waals surface area contributed by atoms with Crippen molar-refractivity contribution in [3.8, 4) is 0 Å². The zero-order valence-electron chi connectivity index (χ0n) is 10.2. The third kappa shape index (κ3) is 1.99. The summed E-state index contributed by atoms with van der Waals surface area (Å²) in [6.07, 6.45) is 4.94. The van der Waals surface area contributed by atoms with Gasteiger partial charge in [0.25, 0.3) is 0 Å². The van der Waals surface area contributed by atoms with Crippen LogP contribution in [0.1, 0.15) is 45.6 Å². The predicted octanol–water partition coefficient (Wildman–Crippen LogP) is 1.82. The summed E-state index contributed by atoms with van der Waals surface area (Å²) in [6, 6.07) is 0.469. The van der Waals surface area contributed by atoms with Crippen molar-refractivity contribution in [2.75, 3.05) is 23.7 Å². The molecule has 16 heavy (non-hydrogen) atoms. The van der Waals surface area contributed by atoms with E-state index in [1.54, 1.807) is 0 Å². The summed E-state index contributed by atoms with van der Waals surface area (Å²) in [6.45, 7) is 6.06. The van der Waals surface area contributed by atoms with Gasteiger partial charge in [0.1, 0.15) is 0 Å². The first kappa shape index (κ1) is 11.2. The van der Waals surface area contributed by atoms with Gasteiger partial charge in [-0.1, -0.05) is 12.8 Å². The molecular formula is C11H21N5. The Labute approximate surface area is 96.6 Å². The Kier molecular flexibility index (Phi) is 3.31. The molecular weight excluding hydrogens is 202 g/mol. The topological polar surface area (TPSA) is 60.0 Å². The van der Waals surface area contributed by atoms with E-state index < -0.39 is 0 Å². The predicted molar refractivity (Wildman–Crippen MR) is 65.5 cm³/mol. The molecule has 1 aliphatic rings.